The van der Waals surface area contributed by atoms with Gasteiger partial charge in [0.25, 0.3) is 0 Å². The van der Waals surface area contributed by atoms with Crippen molar-refractivity contribution in [3.05, 3.63) is 35.9 Å². The minimum Gasteiger partial charge on any atom is -0.279 e. The first-order chi connectivity index (χ1) is 5.75. The van der Waals surface area contributed by atoms with Gasteiger partial charge in [0.2, 0.25) is 5.24 Å². The van der Waals surface area contributed by atoms with Crippen molar-refractivity contribution in [2.75, 3.05) is 0 Å². The van der Waals surface area contributed by atoms with Crippen molar-refractivity contribution in [3.8, 4) is 0 Å². The maximum Gasteiger partial charge on any atom is 0.244 e. The quantitative estimate of drug-likeness (QED) is 0.418. The molecular weight excluding hydrogens is 176 g/mol. The molecule has 3 N–H and O–H groups in total. The van der Waals surface area contributed by atoms with E-state index in [9.17, 15) is 4.79 Å². The molecule has 1 rings (SSSR count). The Labute approximate surface area is 75.5 Å². The van der Waals surface area contributed by atoms with Crippen LogP contribution in [0, 0.1) is 0 Å². The Morgan fingerprint density at radius 3 is 2.42 bits per heavy atom. The number of halogens is 1. The summed E-state index contributed by atoms with van der Waals surface area (Å²) >= 11 is 5.30. The van der Waals surface area contributed by atoms with Gasteiger partial charge in [0.05, 0.1) is 0 Å². The van der Waals surface area contributed by atoms with Crippen molar-refractivity contribution < 1.29 is 4.79 Å². The molecule has 0 aliphatic heterocycles. The number of hydrogen-bond donors (Lipinski definition) is 2. The predicted molar refractivity (Wildman–Crippen MR) is 47.4 cm³/mol. The Balaban J connectivity index is 2.88. The molecule has 0 spiro atoms. The molecule has 0 fully saturated rings. The highest BCUT2D eigenvalue weighted by molar-refractivity contribution is 6.64. The summed E-state index contributed by atoms with van der Waals surface area (Å²) in [6.07, 6.45) is 0. The van der Waals surface area contributed by atoms with Gasteiger partial charge in [-0.25, -0.2) is 5.43 Å². The topological polar surface area (TPSA) is 55.1 Å². The van der Waals surface area contributed by atoms with Crippen molar-refractivity contribution in [2.24, 2.45) is 5.84 Å². The normalized spacial score (nSPS) is 12.5. The molecule has 0 aliphatic rings. The Bertz CT molecular complexity index is 263. The van der Waals surface area contributed by atoms with Gasteiger partial charge in [-0.15, -0.1) is 0 Å². The van der Waals surface area contributed by atoms with E-state index in [2.05, 4.69) is 5.43 Å². The largest absolute Gasteiger partial charge is 0.279 e. The number of rotatable bonds is 3. The minimum absolute atomic E-state index is 0.510. The van der Waals surface area contributed by atoms with Crippen LogP contribution in [0.25, 0.3) is 0 Å². The molecule has 64 valence electrons. The zero-order valence-electron chi connectivity index (χ0n) is 6.33. The zero-order chi connectivity index (χ0) is 8.97. The maximum atomic E-state index is 10.8. The molecule has 0 radical (unpaired) electrons. The molecule has 3 nitrogen and oxygen atoms in total. The van der Waals surface area contributed by atoms with E-state index in [1.807, 2.05) is 18.2 Å². The average molecular weight is 185 g/mol. The average Bonchev–Trinajstić information content (AvgIpc) is 2.07. The molecule has 4 heteroatoms. The minimum atomic E-state index is -0.618. The molecule has 0 heterocycles. The number of nitrogens with one attached hydrogen (secondary N) is 1. The summed E-state index contributed by atoms with van der Waals surface area (Å²) in [6.45, 7) is 0. The van der Waals surface area contributed by atoms with Gasteiger partial charge in [0.1, 0.15) is 6.04 Å². The fourth-order valence-electron chi connectivity index (χ4n) is 0.938. The third kappa shape index (κ3) is 2.04. The van der Waals surface area contributed by atoms with Gasteiger partial charge in [0, 0.05) is 0 Å². The van der Waals surface area contributed by atoms with Crippen LogP contribution >= 0.6 is 11.6 Å². The van der Waals surface area contributed by atoms with Crippen LogP contribution in [0.1, 0.15) is 11.6 Å². The molecule has 1 atom stereocenters. The van der Waals surface area contributed by atoms with Crippen molar-refractivity contribution in [1.29, 1.82) is 0 Å². The molecule has 0 bridgehead atoms. The first-order valence-corrected chi connectivity index (χ1v) is 3.84. The molecule has 1 unspecified atom stereocenters. The number of hydrogen-bond acceptors (Lipinski definition) is 3. The molecule has 0 aromatic heterocycles. The van der Waals surface area contributed by atoms with Crippen LogP contribution in [0.3, 0.4) is 0 Å². The Hall–Kier alpha value is -0.900. The van der Waals surface area contributed by atoms with E-state index in [0.717, 1.165) is 5.56 Å². The second-order valence-electron chi connectivity index (χ2n) is 2.31. The van der Waals surface area contributed by atoms with Gasteiger partial charge >= 0.3 is 0 Å². The summed E-state index contributed by atoms with van der Waals surface area (Å²) in [5, 5.41) is -0.510. The fraction of sp³-hybridized carbons (Fsp3) is 0.125. The highest BCUT2D eigenvalue weighted by Gasteiger charge is 2.15. The lowest BCUT2D eigenvalue weighted by molar-refractivity contribution is -0.113. The fourth-order valence-corrected chi connectivity index (χ4v) is 1.13. The van der Waals surface area contributed by atoms with Crippen molar-refractivity contribution >= 4 is 16.8 Å². The van der Waals surface area contributed by atoms with Crippen LogP contribution < -0.4 is 11.3 Å². The zero-order valence-corrected chi connectivity index (χ0v) is 7.08. The molecule has 0 saturated heterocycles. The lowest BCUT2D eigenvalue weighted by Crippen LogP contribution is -2.31. The Kier molecular flexibility index (Phi) is 3.22. The third-order valence-electron chi connectivity index (χ3n) is 1.53. The number of benzene rings is 1. The van der Waals surface area contributed by atoms with E-state index in [1.54, 1.807) is 12.1 Å². The van der Waals surface area contributed by atoms with Crippen molar-refractivity contribution in [2.45, 2.75) is 6.04 Å². The summed E-state index contributed by atoms with van der Waals surface area (Å²) < 4.78 is 0. The first-order valence-electron chi connectivity index (χ1n) is 3.46. The van der Waals surface area contributed by atoms with E-state index >= 15 is 0 Å². The van der Waals surface area contributed by atoms with E-state index in [-0.39, 0.29) is 0 Å². The van der Waals surface area contributed by atoms with Gasteiger partial charge < -0.3 is 0 Å². The van der Waals surface area contributed by atoms with Crippen LogP contribution in [0.2, 0.25) is 0 Å². The van der Waals surface area contributed by atoms with Crippen LogP contribution in [-0.4, -0.2) is 5.24 Å². The molecule has 0 amide bonds. The summed E-state index contributed by atoms with van der Waals surface area (Å²) in [7, 11) is 0. The van der Waals surface area contributed by atoms with Gasteiger partial charge in [-0.2, -0.15) is 0 Å². The first kappa shape index (κ1) is 9.19. The molecule has 0 aliphatic carbocycles. The second kappa shape index (κ2) is 4.21. The van der Waals surface area contributed by atoms with Gasteiger partial charge in [-0.1, -0.05) is 30.3 Å². The van der Waals surface area contributed by atoms with Gasteiger partial charge in [-0.3, -0.25) is 10.6 Å². The molecule has 0 saturated carbocycles. The molecular formula is C8H9ClN2O. The molecule has 1 aromatic rings. The van der Waals surface area contributed by atoms with E-state index in [1.165, 1.54) is 0 Å². The highest BCUT2D eigenvalue weighted by atomic mass is 35.5. The Morgan fingerprint density at radius 1 is 1.42 bits per heavy atom. The van der Waals surface area contributed by atoms with Crippen molar-refractivity contribution in [3.63, 3.8) is 0 Å². The second-order valence-corrected chi connectivity index (χ2v) is 2.69. The lowest BCUT2D eigenvalue weighted by Gasteiger charge is -2.10. The highest BCUT2D eigenvalue weighted by Crippen LogP contribution is 2.13. The summed E-state index contributed by atoms with van der Waals surface area (Å²) in [6, 6.07) is 8.44. The number of carbonyl (C=O) groups is 1. The summed E-state index contributed by atoms with van der Waals surface area (Å²) in [5.41, 5.74) is 3.10. The maximum absolute atomic E-state index is 10.8. The molecule has 12 heavy (non-hydrogen) atoms. The number of hydrazine groups is 1. The molecule has 1 aromatic carbocycles. The number of carbonyl (C=O) groups excluding carboxylic acids is 1. The standard InChI is InChI=1S/C8H9ClN2O/c9-8(12)7(11-10)6-4-2-1-3-5-6/h1-5,7,11H,10H2. The third-order valence-corrected chi connectivity index (χ3v) is 1.74. The number of nitrogens with two attached hydrogens (primary N) is 1. The van der Waals surface area contributed by atoms with E-state index < -0.39 is 11.3 Å². The monoisotopic (exact) mass is 184 g/mol. The lowest BCUT2D eigenvalue weighted by atomic mass is 10.1. The van der Waals surface area contributed by atoms with Crippen LogP contribution in [-0.2, 0) is 4.79 Å². The van der Waals surface area contributed by atoms with E-state index in [0.29, 0.717) is 0 Å². The van der Waals surface area contributed by atoms with Crippen LogP contribution in [0.5, 0.6) is 0 Å². The van der Waals surface area contributed by atoms with Gasteiger partial charge in [0.15, 0.2) is 0 Å². The van der Waals surface area contributed by atoms with Crippen LogP contribution in [0.4, 0.5) is 0 Å². The predicted octanol–water partition coefficient (Wildman–Crippen LogP) is 0.956. The van der Waals surface area contributed by atoms with E-state index in [4.69, 9.17) is 17.4 Å². The smallest absolute Gasteiger partial charge is 0.244 e. The van der Waals surface area contributed by atoms with Gasteiger partial charge in [-0.05, 0) is 17.2 Å². The SMILES string of the molecule is NNC(C(=O)Cl)c1ccccc1. The Morgan fingerprint density at radius 2 is 2.00 bits per heavy atom. The van der Waals surface area contributed by atoms with Crippen LogP contribution in [0.15, 0.2) is 30.3 Å². The summed E-state index contributed by atoms with van der Waals surface area (Å²) in [4.78, 5) is 10.8. The van der Waals surface area contributed by atoms with Crippen molar-refractivity contribution in [1.82, 2.24) is 5.43 Å². The summed E-state index contributed by atoms with van der Waals surface area (Å²) in [5.74, 6) is 5.15.